The van der Waals surface area contributed by atoms with E-state index < -0.39 is 26.8 Å². The third-order valence-electron chi connectivity index (χ3n) is 2.92. The summed E-state index contributed by atoms with van der Waals surface area (Å²) >= 11 is 0. The third-order valence-corrected chi connectivity index (χ3v) is 4.28. The predicted molar refractivity (Wildman–Crippen MR) is 82.0 cm³/mol. The predicted octanol–water partition coefficient (Wildman–Crippen LogP) is 1.77. The van der Waals surface area contributed by atoms with Crippen molar-refractivity contribution in [2.45, 2.75) is 18.7 Å². The van der Waals surface area contributed by atoms with Crippen LogP contribution in [0.2, 0.25) is 0 Å². The minimum Gasteiger partial charge on any atom is -0.265 e. The van der Waals surface area contributed by atoms with Crippen LogP contribution >= 0.6 is 0 Å². The van der Waals surface area contributed by atoms with Crippen LogP contribution in [0.5, 0.6) is 0 Å². The van der Waals surface area contributed by atoms with Crippen LogP contribution in [0.25, 0.3) is 0 Å². The first-order valence-corrected chi connectivity index (χ1v) is 8.06. The number of hydrogen-bond donors (Lipinski definition) is 1. The molecule has 0 aliphatic heterocycles. The van der Waals surface area contributed by atoms with Crippen molar-refractivity contribution in [3.63, 3.8) is 0 Å². The van der Waals surface area contributed by atoms with Gasteiger partial charge in [0, 0.05) is 18.4 Å². The van der Waals surface area contributed by atoms with Gasteiger partial charge in [0.1, 0.15) is 10.7 Å². The largest absolute Gasteiger partial charge is 0.337 e. The maximum Gasteiger partial charge on any atom is 0.337 e. The van der Waals surface area contributed by atoms with Gasteiger partial charge in [0.05, 0.1) is 0 Å². The Morgan fingerprint density at radius 1 is 1.17 bits per heavy atom. The van der Waals surface area contributed by atoms with Gasteiger partial charge in [-0.1, -0.05) is 12.1 Å². The number of nitrogens with zero attached hydrogens (tertiary/aromatic N) is 3. The van der Waals surface area contributed by atoms with E-state index in [2.05, 4.69) is 9.97 Å². The third kappa shape index (κ3) is 3.81. The van der Waals surface area contributed by atoms with Gasteiger partial charge in [-0.05, 0) is 32.0 Å². The van der Waals surface area contributed by atoms with E-state index in [9.17, 15) is 17.6 Å². The Morgan fingerprint density at radius 3 is 2.30 bits per heavy atom. The summed E-state index contributed by atoms with van der Waals surface area (Å²) in [7, 11) is -3.02. The molecule has 0 aliphatic rings. The number of hydrogen-bond acceptors (Lipinski definition) is 5. The van der Waals surface area contributed by atoms with Crippen LogP contribution in [0.3, 0.4) is 0 Å². The molecule has 0 spiro atoms. The molecule has 1 aromatic heterocycles. The Bertz CT molecular complexity index is 835. The first-order valence-electron chi connectivity index (χ1n) is 6.58. The number of sulfonamides is 1. The number of carbonyl (C=O) groups excluding carboxylic acids is 1. The average Bonchev–Trinajstić information content (AvgIpc) is 2.45. The molecule has 1 N–H and O–H groups in total. The molecule has 122 valence electrons. The summed E-state index contributed by atoms with van der Waals surface area (Å²) in [5.41, 5.74) is 1.26. The molecule has 2 rings (SSSR count). The van der Waals surface area contributed by atoms with Crippen LogP contribution in [0.15, 0.2) is 35.2 Å². The van der Waals surface area contributed by atoms with Gasteiger partial charge in [0.15, 0.2) is 0 Å². The highest BCUT2D eigenvalue weighted by Crippen LogP contribution is 2.14. The zero-order valence-electron chi connectivity index (χ0n) is 12.7. The summed E-state index contributed by atoms with van der Waals surface area (Å²) in [5, 5.41) is 0. The number of aromatic nitrogens is 2. The molecule has 0 aliphatic carbocycles. The van der Waals surface area contributed by atoms with Gasteiger partial charge in [-0.2, -0.15) is 0 Å². The van der Waals surface area contributed by atoms with E-state index in [0.717, 1.165) is 17.0 Å². The number of rotatable bonds is 3. The molecule has 0 bridgehead atoms. The molecule has 0 atom stereocenters. The quantitative estimate of drug-likeness (QED) is 0.921. The van der Waals surface area contributed by atoms with Gasteiger partial charge < -0.3 is 0 Å². The van der Waals surface area contributed by atoms with Crippen molar-refractivity contribution in [3.05, 3.63) is 47.5 Å². The molecule has 0 fully saturated rings. The fraction of sp³-hybridized carbons (Fsp3) is 0.214. The molecule has 1 aromatic carbocycles. The molecule has 2 aromatic rings. The van der Waals surface area contributed by atoms with E-state index in [4.69, 9.17) is 0 Å². The number of amides is 2. The second-order valence-corrected chi connectivity index (χ2v) is 6.50. The Labute approximate surface area is 133 Å². The summed E-state index contributed by atoms with van der Waals surface area (Å²) in [5.74, 6) is -0.901. The van der Waals surface area contributed by atoms with E-state index >= 15 is 0 Å². The molecule has 9 heteroatoms. The molecular weight excluding hydrogens is 323 g/mol. The highest BCUT2D eigenvalue weighted by Gasteiger charge is 2.24. The van der Waals surface area contributed by atoms with Gasteiger partial charge >= 0.3 is 6.03 Å². The Morgan fingerprint density at radius 2 is 1.74 bits per heavy atom. The highest BCUT2D eigenvalue weighted by molar-refractivity contribution is 7.90. The molecule has 23 heavy (non-hydrogen) atoms. The summed E-state index contributed by atoms with van der Waals surface area (Å²) in [6.45, 7) is 3.44. The number of urea groups is 1. The zero-order chi connectivity index (χ0) is 17.2. The lowest BCUT2D eigenvalue weighted by Gasteiger charge is -2.17. The lowest BCUT2D eigenvalue weighted by molar-refractivity contribution is 0.252. The number of benzene rings is 1. The molecule has 2 amide bonds. The first-order chi connectivity index (χ1) is 10.7. The first kappa shape index (κ1) is 16.8. The van der Waals surface area contributed by atoms with Crippen LogP contribution < -0.4 is 9.62 Å². The van der Waals surface area contributed by atoms with Gasteiger partial charge in [-0.3, -0.25) is 4.90 Å². The minimum absolute atomic E-state index is 0.0451. The average molecular weight is 338 g/mol. The number of nitrogens with one attached hydrogen (secondary N) is 1. The van der Waals surface area contributed by atoms with Crippen molar-refractivity contribution in [1.29, 1.82) is 0 Å². The van der Waals surface area contributed by atoms with Crippen molar-refractivity contribution >= 4 is 22.0 Å². The molecule has 0 radical (unpaired) electrons. The lowest BCUT2D eigenvalue weighted by Crippen LogP contribution is -2.41. The van der Waals surface area contributed by atoms with Crippen LogP contribution in [0, 0.1) is 19.7 Å². The SMILES string of the molecule is Cc1cc(C)nc(N(C)C(=O)NS(=O)(=O)c2ccccc2F)n1. The maximum absolute atomic E-state index is 13.6. The van der Waals surface area contributed by atoms with Gasteiger partial charge in [-0.25, -0.2) is 32.3 Å². The van der Waals surface area contributed by atoms with E-state index in [1.807, 2.05) is 0 Å². The number of halogens is 1. The maximum atomic E-state index is 13.6. The van der Waals surface area contributed by atoms with Crippen LogP contribution in [0.1, 0.15) is 11.4 Å². The van der Waals surface area contributed by atoms with Gasteiger partial charge in [0.2, 0.25) is 5.95 Å². The summed E-state index contributed by atoms with van der Waals surface area (Å²) < 4.78 is 39.6. The van der Waals surface area contributed by atoms with E-state index in [1.165, 1.54) is 19.2 Å². The fourth-order valence-electron chi connectivity index (χ4n) is 1.85. The van der Waals surface area contributed by atoms with Crippen molar-refractivity contribution < 1.29 is 17.6 Å². The number of carbonyl (C=O) groups is 1. The molecular formula is C14H15FN4O3S. The molecule has 0 saturated carbocycles. The van der Waals surface area contributed by atoms with Crippen LogP contribution in [0.4, 0.5) is 15.1 Å². The van der Waals surface area contributed by atoms with Crippen molar-refractivity contribution in [2.75, 3.05) is 11.9 Å². The normalized spacial score (nSPS) is 11.1. The topological polar surface area (TPSA) is 92.3 Å². The molecule has 0 unspecified atom stereocenters. The van der Waals surface area contributed by atoms with Crippen molar-refractivity contribution in [3.8, 4) is 0 Å². The van der Waals surface area contributed by atoms with Gasteiger partial charge in [0.25, 0.3) is 10.0 Å². The summed E-state index contributed by atoms with van der Waals surface area (Å²) in [4.78, 5) is 20.6. The van der Waals surface area contributed by atoms with E-state index in [1.54, 1.807) is 24.6 Å². The molecule has 0 saturated heterocycles. The van der Waals surface area contributed by atoms with Crippen LogP contribution in [-0.4, -0.2) is 31.5 Å². The van der Waals surface area contributed by atoms with Crippen molar-refractivity contribution in [1.82, 2.24) is 14.7 Å². The van der Waals surface area contributed by atoms with Gasteiger partial charge in [-0.15, -0.1) is 0 Å². The Kier molecular flexibility index (Phi) is 4.60. The summed E-state index contributed by atoms with van der Waals surface area (Å²) in [6.07, 6.45) is 0. The van der Waals surface area contributed by atoms with E-state index in [-0.39, 0.29) is 5.95 Å². The number of anilines is 1. The Balaban J connectivity index is 2.26. The second-order valence-electron chi connectivity index (χ2n) is 4.85. The highest BCUT2D eigenvalue weighted by atomic mass is 32.2. The summed E-state index contributed by atoms with van der Waals surface area (Å²) in [6, 6.07) is 5.50. The standard InChI is InChI=1S/C14H15FN4O3S/c1-9-8-10(2)17-13(16-9)19(3)14(20)18-23(21,22)12-7-5-4-6-11(12)15/h4-8H,1-3H3,(H,18,20). The fourth-order valence-corrected chi connectivity index (χ4v) is 2.91. The zero-order valence-corrected chi connectivity index (χ0v) is 13.6. The van der Waals surface area contributed by atoms with E-state index in [0.29, 0.717) is 11.4 Å². The Hall–Kier alpha value is -2.55. The number of aryl methyl sites for hydroxylation is 2. The monoisotopic (exact) mass is 338 g/mol. The molecule has 7 nitrogen and oxygen atoms in total. The second kappa shape index (κ2) is 6.29. The smallest absolute Gasteiger partial charge is 0.265 e. The lowest BCUT2D eigenvalue weighted by atomic mass is 10.3. The minimum atomic E-state index is -4.34. The molecule has 1 heterocycles. The van der Waals surface area contributed by atoms with Crippen molar-refractivity contribution in [2.24, 2.45) is 0 Å². The van der Waals surface area contributed by atoms with Crippen LogP contribution in [-0.2, 0) is 10.0 Å².